The van der Waals surface area contributed by atoms with Crippen LogP contribution in [-0.2, 0) is 10.0 Å². The van der Waals surface area contributed by atoms with Crippen molar-refractivity contribution in [2.75, 3.05) is 16.6 Å². The number of rotatable bonds is 4. The molecule has 2 rings (SSSR count). The Bertz CT molecular complexity index is 734. The quantitative estimate of drug-likeness (QED) is 0.883. The Morgan fingerprint density at radius 3 is 2.33 bits per heavy atom. The van der Waals surface area contributed by atoms with E-state index in [0.29, 0.717) is 17.9 Å². The molecule has 0 unspecified atom stereocenters. The molecule has 0 radical (unpaired) electrons. The normalized spacial score (nSPS) is 11.4. The van der Waals surface area contributed by atoms with E-state index in [9.17, 15) is 8.42 Å². The third-order valence-corrected chi connectivity index (χ3v) is 5.12. The maximum absolute atomic E-state index is 12.8. The van der Waals surface area contributed by atoms with Gasteiger partial charge in [0.25, 0.3) is 10.0 Å². The summed E-state index contributed by atoms with van der Waals surface area (Å²) in [5, 5.41) is 0. The first-order valence-corrected chi connectivity index (χ1v) is 8.25. The number of nitrogen functional groups attached to an aromatic ring is 1. The number of aryl methyl sites for hydroxylation is 2. The molecule has 0 bridgehead atoms. The minimum atomic E-state index is -3.61. The van der Waals surface area contributed by atoms with Crippen molar-refractivity contribution in [3.63, 3.8) is 0 Å². The van der Waals surface area contributed by atoms with Gasteiger partial charge in [-0.3, -0.25) is 4.31 Å². The zero-order valence-corrected chi connectivity index (χ0v) is 13.3. The predicted molar refractivity (Wildman–Crippen MR) is 87.0 cm³/mol. The molecule has 2 aromatic rings. The number of sulfonamides is 1. The van der Waals surface area contributed by atoms with Crippen LogP contribution in [0.2, 0.25) is 0 Å². The van der Waals surface area contributed by atoms with Gasteiger partial charge in [0, 0.05) is 12.2 Å². The zero-order valence-electron chi connectivity index (χ0n) is 12.5. The molecule has 0 saturated heterocycles. The highest BCUT2D eigenvalue weighted by Gasteiger charge is 2.24. The second-order valence-electron chi connectivity index (χ2n) is 5.09. The molecule has 0 heterocycles. The molecule has 0 spiro atoms. The molecular formula is C16H20N2O2S. The van der Waals surface area contributed by atoms with Crippen LogP contribution in [0, 0.1) is 13.8 Å². The number of hydrogen-bond donors (Lipinski definition) is 1. The Kier molecular flexibility index (Phi) is 4.23. The Hall–Kier alpha value is -2.01. The van der Waals surface area contributed by atoms with Gasteiger partial charge in [0.05, 0.1) is 10.6 Å². The molecule has 0 atom stereocenters. The van der Waals surface area contributed by atoms with E-state index in [2.05, 4.69) is 0 Å². The summed E-state index contributed by atoms with van der Waals surface area (Å²) in [7, 11) is -3.61. The van der Waals surface area contributed by atoms with Crippen LogP contribution in [0.25, 0.3) is 0 Å². The molecule has 2 aromatic carbocycles. The summed E-state index contributed by atoms with van der Waals surface area (Å²) in [4.78, 5) is 0.225. The van der Waals surface area contributed by atoms with Gasteiger partial charge in [-0.15, -0.1) is 0 Å². The lowest BCUT2D eigenvalue weighted by molar-refractivity contribution is 0.592. The van der Waals surface area contributed by atoms with E-state index in [4.69, 9.17) is 5.73 Å². The standard InChI is InChI=1S/C16H20N2O2S/c1-4-18(15-7-5-6-12(2)9-15)21(19,20)16-10-13(3)8-14(17)11-16/h5-11H,4,17H2,1-3H3. The smallest absolute Gasteiger partial charge is 0.264 e. The minimum absolute atomic E-state index is 0.225. The van der Waals surface area contributed by atoms with Crippen molar-refractivity contribution in [3.8, 4) is 0 Å². The number of nitrogens with two attached hydrogens (primary N) is 1. The summed E-state index contributed by atoms with van der Waals surface area (Å²) in [5.41, 5.74) is 8.74. The molecule has 0 saturated carbocycles. The van der Waals surface area contributed by atoms with Crippen LogP contribution in [-0.4, -0.2) is 15.0 Å². The second-order valence-corrected chi connectivity index (χ2v) is 6.95. The van der Waals surface area contributed by atoms with E-state index in [1.54, 1.807) is 18.2 Å². The van der Waals surface area contributed by atoms with Gasteiger partial charge >= 0.3 is 0 Å². The summed E-state index contributed by atoms with van der Waals surface area (Å²) in [5.74, 6) is 0. The van der Waals surface area contributed by atoms with Crippen LogP contribution in [0.15, 0.2) is 47.4 Å². The monoisotopic (exact) mass is 304 g/mol. The van der Waals surface area contributed by atoms with Gasteiger partial charge in [-0.1, -0.05) is 12.1 Å². The Morgan fingerprint density at radius 2 is 1.76 bits per heavy atom. The molecule has 0 aliphatic heterocycles. The van der Waals surface area contributed by atoms with Crippen LogP contribution in [0.4, 0.5) is 11.4 Å². The van der Waals surface area contributed by atoms with E-state index in [1.807, 2.05) is 39.0 Å². The van der Waals surface area contributed by atoms with Crippen molar-refractivity contribution >= 4 is 21.4 Å². The van der Waals surface area contributed by atoms with Crippen LogP contribution >= 0.6 is 0 Å². The van der Waals surface area contributed by atoms with Gasteiger partial charge in [0.2, 0.25) is 0 Å². The van der Waals surface area contributed by atoms with Gasteiger partial charge in [0.15, 0.2) is 0 Å². The summed E-state index contributed by atoms with van der Waals surface area (Å²) in [6.45, 7) is 5.95. The van der Waals surface area contributed by atoms with E-state index < -0.39 is 10.0 Å². The summed E-state index contributed by atoms with van der Waals surface area (Å²) >= 11 is 0. The van der Waals surface area contributed by atoms with E-state index >= 15 is 0 Å². The predicted octanol–water partition coefficient (Wildman–Crippen LogP) is 3.10. The van der Waals surface area contributed by atoms with Crippen LogP contribution in [0.3, 0.4) is 0 Å². The Morgan fingerprint density at radius 1 is 1.05 bits per heavy atom. The Labute approximate surface area is 126 Å². The number of hydrogen-bond acceptors (Lipinski definition) is 3. The molecule has 2 N–H and O–H groups in total. The lowest BCUT2D eigenvalue weighted by atomic mass is 10.2. The molecular weight excluding hydrogens is 284 g/mol. The van der Waals surface area contributed by atoms with E-state index in [-0.39, 0.29) is 4.90 Å². The highest BCUT2D eigenvalue weighted by molar-refractivity contribution is 7.92. The Balaban J connectivity index is 2.54. The third-order valence-electron chi connectivity index (χ3n) is 3.24. The highest BCUT2D eigenvalue weighted by atomic mass is 32.2. The largest absolute Gasteiger partial charge is 0.399 e. The average Bonchev–Trinajstić information content (AvgIpc) is 2.38. The molecule has 4 nitrogen and oxygen atoms in total. The number of benzene rings is 2. The molecule has 0 aromatic heterocycles. The molecule has 112 valence electrons. The van der Waals surface area contributed by atoms with Crippen LogP contribution in [0.1, 0.15) is 18.1 Å². The fourth-order valence-electron chi connectivity index (χ4n) is 2.33. The third kappa shape index (κ3) is 3.19. The molecule has 0 fully saturated rings. The molecule has 0 aliphatic carbocycles. The summed E-state index contributed by atoms with van der Waals surface area (Å²) < 4.78 is 27.1. The topological polar surface area (TPSA) is 63.4 Å². The lowest BCUT2D eigenvalue weighted by Gasteiger charge is -2.23. The van der Waals surface area contributed by atoms with Crippen molar-refractivity contribution in [1.29, 1.82) is 0 Å². The van der Waals surface area contributed by atoms with Gasteiger partial charge in [-0.25, -0.2) is 8.42 Å². The van der Waals surface area contributed by atoms with Gasteiger partial charge in [-0.05, 0) is 62.2 Å². The maximum atomic E-state index is 12.8. The van der Waals surface area contributed by atoms with Crippen molar-refractivity contribution < 1.29 is 8.42 Å². The first-order valence-electron chi connectivity index (χ1n) is 6.81. The van der Waals surface area contributed by atoms with Crippen LogP contribution in [0.5, 0.6) is 0 Å². The fraction of sp³-hybridized carbons (Fsp3) is 0.250. The van der Waals surface area contributed by atoms with Gasteiger partial charge in [-0.2, -0.15) is 0 Å². The SMILES string of the molecule is CCN(c1cccc(C)c1)S(=O)(=O)c1cc(C)cc(N)c1. The fourth-order valence-corrected chi connectivity index (χ4v) is 3.93. The van der Waals surface area contributed by atoms with Gasteiger partial charge < -0.3 is 5.73 Å². The molecule has 0 amide bonds. The summed E-state index contributed by atoms with van der Waals surface area (Å²) in [6.07, 6.45) is 0. The van der Waals surface area contributed by atoms with Crippen molar-refractivity contribution in [2.45, 2.75) is 25.7 Å². The molecule has 5 heteroatoms. The molecule has 0 aliphatic rings. The average molecular weight is 304 g/mol. The highest BCUT2D eigenvalue weighted by Crippen LogP contribution is 2.26. The maximum Gasteiger partial charge on any atom is 0.264 e. The number of anilines is 2. The lowest BCUT2D eigenvalue weighted by Crippen LogP contribution is -2.30. The first kappa shape index (κ1) is 15.4. The molecule has 21 heavy (non-hydrogen) atoms. The van der Waals surface area contributed by atoms with E-state index in [0.717, 1.165) is 11.1 Å². The van der Waals surface area contributed by atoms with Crippen molar-refractivity contribution in [1.82, 2.24) is 0 Å². The van der Waals surface area contributed by atoms with E-state index in [1.165, 1.54) is 10.4 Å². The minimum Gasteiger partial charge on any atom is -0.399 e. The second kappa shape index (κ2) is 5.77. The zero-order chi connectivity index (χ0) is 15.6. The van der Waals surface area contributed by atoms with Crippen LogP contribution < -0.4 is 10.0 Å². The summed E-state index contributed by atoms with van der Waals surface area (Å²) in [6, 6.07) is 12.3. The van der Waals surface area contributed by atoms with Gasteiger partial charge in [0.1, 0.15) is 0 Å². The van der Waals surface area contributed by atoms with Crippen molar-refractivity contribution in [2.24, 2.45) is 0 Å². The van der Waals surface area contributed by atoms with Crippen molar-refractivity contribution in [3.05, 3.63) is 53.6 Å². The number of nitrogens with zero attached hydrogens (tertiary/aromatic N) is 1. The first-order chi connectivity index (χ1) is 9.84.